The smallest absolute Gasteiger partial charge is 0.254 e. The molecule has 154 valence electrons. The van der Waals surface area contributed by atoms with Crippen molar-refractivity contribution in [2.75, 3.05) is 11.1 Å². The molecule has 2 aromatic heterocycles. The molecule has 3 aromatic rings. The summed E-state index contributed by atoms with van der Waals surface area (Å²) in [5, 5.41) is 10.0. The van der Waals surface area contributed by atoms with Gasteiger partial charge in [0.25, 0.3) is 5.91 Å². The fraction of sp³-hybridized carbons (Fsp3) is 0.200. The van der Waals surface area contributed by atoms with Gasteiger partial charge >= 0.3 is 0 Å². The lowest BCUT2D eigenvalue weighted by atomic mass is 10.1. The van der Waals surface area contributed by atoms with E-state index in [0.29, 0.717) is 17.3 Å². The maximum atomic E-state index is 12.5. The number of hydrogen-bond donors (Lipinski definition) is 3. The van der Waals surface area contributed by atoms with Gasteiger partial charge in [0.1, 0.15) is 5.82 Å². The molecule has 30 heavy (non-hydrogen) atoms. The van der Waals surface area contributed by atoms with Crippen LogP contribution in [0.4, 0.5) is 15.9 Å². The number of fused-ring (bicyclic) bond motifs is 1. The van der Waals surface area contributed by atoms with Crippen molar-refractivity contribution in [3.63, 3.8) is 0 Å². The molecule has 1 saturated heterocycles. The molecule has 0 radical (unpaired) electrons. The molecule has 4 N–H and O–H groups in total. The number of nitrogens with two attached hydrogens (primary N) is 1. The molecule has 3 heterocycles. The Bertz CT molecular complexity index is 1150. The van der Waals surface area contributed by atoms with Gasteiger partial charge < -0.3 is 11.1 Å². The number of rotatable bonds is 3. The van der Waals surface area contributed by atoms with E-state index < -0.39 is 5.82 Å². The summed E-state index contributed by atoms with van der Waals surface area (Å²) in [6.07, 6.45) is 7.49. The Hall–Kier alpha value is -3.46. The number of nitrogen functional groups attached to an aromatic ring is 1. The van der Waals surface area contributed by atoms with Gasteiger partial charge in [0.2, 0.25) is 5.91 Å². The van der Waals surface area contributed by atoms with Crippen molar-refractivity contribution in [1.82, 2.24) is 19.9 Å². The number of nitrogens with one attached hydrogen (secondary N) is 2. The lowest BCUT2D eigenvalue weighted by Crippen LogP contribution is -2.19. The summed E-state index contributed by atoms with van der Waals surface area (Å²) in [6.45, 7) is 0. The van der Waals surface area contributed by atoms with Crippen LogP contribution in [0.3, 0.4) is 0 Å². The van der Waals surface area contributed by atoms with E-state index in [1.54, 1.807) is 29.1 Å². The molecule has 0 atom stereocenters. The van der Waals surface area contributed by atoms with E-state index in [1.165, 1.54) is 25.0 Å². The molecule has 0 bridgehead atoms. The second-order valence-corrected chi connectivity index (χ2v) is 7.36. The maximum Gasteiger partial charge on any atom is 0.254 e. The van der Waals surface area contributed by atoms with E-state index in [0.717, 1.165) is 11.4 Å². The number of anilines is 2. The van der Waals surface area contributed by atoms with Crippen LogP contribution in [0.5, 0.6) is 0 Å². The van der Waals surface area contributed by atoms with Crippen LogP contribution in [-0.4, -0.2) is 32.5 Å². The van der Waals surface area contributed by atoms with Crippen molar-refractivity contribution in [1.29, 1.82) is 0 Å². The first-order chi connectivity index (χ1) is 14.4. The Morgan fingerprint density at radius 2 is 2.10 bits per heavy atom. The van der Waals surface area contributed by atoms with Gasteiger partial charge in [-0.3, -0.25) is 14.9 Å². The summed E-state index contributed by atoms with van der Waals surface area (Å²) >= 11 is 5.36. The van der Waals surface area contributed by atoms with Crippen molar-refractivity contribution in [2.24, 2.45) is 0 Å². The predicted molar refractivity (Wildman–Crippen MR) is 111 cm³/mol. The fourth-order valence-electron chi connectivity index (χ4n) is 2.89. The van der Waals surface area contributed by atoms with E-state index >= 15 is 0 Å². The number of halogens is 2. The van der Waals surface area contributed by atoms with E-state index in [2.05, 4.69) is 20.7 Å². The number of amides is 2. The van der Waals surface area contributed by atoms with E-state index in [1.807, 2.05) is 6.07 Å². The summed E-state index contributed by atoms with van der Waals surface area (Å²) in [4.78, 5) is 27.1. The molecule has 0 spiro atoms. The van der Waals surface area contributed by atoms with Crippen LogP contribution in [0.2, 0.25) is 5.02 Å². The SMILES string of the molecule is Nc1cccc(Cl)c1F.O=C1C/C(=C\c2cnn3c(NC4CC4)ccnc23)C(=O)N1. The molecule has 2 amide bonds. The van der Waals surface area contributed by atoms with Crippen LogP contribution in [0.15, 0.2) is 42.2 Å². The van der Waals surface area contributed by atoms with Gasteiger partial charge in [0.15, 0.2) is 11.5 Å². The first-order valence-corrected chi connectivity index (χ1v) is 9.63. The van der Waals surface area contributed by atoms with Crippen LogP contribution in [0.25, 0.3) is 11.7 Å². The highest BCUT2D eigenvalue weighted by molar-refractivity contribution is 6.31. The zero-order chi connectivity index (χ0) is 21.3. The summed E-state index contributed by atoms with van der Waals surface area (Å²) in [5.41, 5.74) is 7.09. The molecule has 2 aliphatic rings. The van der Waals surface area contributed by atoms with Crippen LogP contribution in [0.1, 0.15) is 24.8 Å². The van der Waals surface area contributed by atoms with Crippen molar-refractivity contribution >= 4 is 46.6 Å². The molecular weight excluding hydrogens is 411 g/mol. The van der Waals surface area contributed by atoms with Crippen molar-refractivity contribution < 1.29 is 14.0 Å². The van der Waals surface area contributed by atoms with Crippen molar-refractivity contribution in [3.05, 3.63) is 58.6 Å². The van der Waals surface area contributed by atoms with Crippen LogP contribution in [0, 0.1) is 5.82 Å². The number of nitrogens with zero attached hydrogens (tertiary/aromatic N) is 3. The first-order valence-electron chi connectivity index (χ1n) is 9.26. The second kappa shape index (κ2) is 8.11. The molecule has 1 aromatic carbocycles. The lowest BCUT2D eigenvalue weighted by Gasteiger charge is -2.06. The molecular formula is C20H18ClFN6O2. The number of benzene rings is 1. The zero-order valence-electron chi connectivity index (χ0n) is 15.7. The quantitative estimate of drug-likeness (QED) is 0.336. The maximum absolute atomic E-state index is 12.5. The third kappa shape index (κ3) is 4.25. The highest BCUT2D eigenvalue weighted by atomic mass is 35.5. The summed E-state index contributed by atoms with van der Waals surface area (Å²) in [7, 11) is 0. The van der Waals surface area contributed by atoms with Gasteiger partial charge in [0, 0.05) is 23.4 Å². The van der Waals surface area contributed by atoms with Gasteiger partial charge in [-0.15, -0.1) is 0 Å². The summed E-state index contributed by atoms with van der Waals surface area (Å²) in [6, 6.07) is 6.90. The predicted octanol–water partition coefficient (Wildman–Crippen LogP) is 2.79. The van der Waals surface area contributed by atoms with Crippen LogP contribution in [-0.2, 0) is 9.59 Å². The Morgan fingerprint density at radius 1 is 1.30 bits per heavy atom. The third-order valence-corrected chi connectivity index (χ3v) is 4.86. The molecule has 1 aliphatic heterocycles. The van der Waals surface area contributed by atoms with Gasteiger partial charge in [-0.1, -0.05) is 17.7 Å². The Morgan fingerprint density at radius 3 is 2.73 bits per heavy atom. The standard InChI is InChI=1S/C14H13N5O2.C6H5ClFN/c20-12-6-8(14(21)18-12)5-9-7-16-19-11(17-10-1-2-10)3-4-15-13(9)19;7-4-2-1-3-5(9)6(4)8/h3-5,7,10,17H,1-2,6H2,(H,18,20,21);1-3H,9H2/b8-5+;. The van der Waals surface area contributed by atoms with Gasteiger partial charge in [0.05, 0.1) is 23.3 Å². The zero-order valence-corrected chi connectivity index (χ0v) is 16.5. The molecule has 8 nitrogen and oxygen atoms in total. The third-order valence-electron chi connectivity index (χ3n) is 4.56. The van der Waals surface area contributed by atoms with E-state index in [4.69, 9.17) is 17.3 Å². The normalized spacial score (nSPS) is 17.1. The summed E-state index contributed by atoms with van der Waals surface area (Å²) in [5.74, 6) is -0.267. The second-order valence-electron chi connectivity index (χ2n) is 6.95. The minimum atomic E-state index is -0.542. The lowest BCUT2D eigenvalue weighted by molar-refractivity contribution is -0.124. The fourth-order valence-corrected chi connectivity index (χ4v) is 3.07. The average molecular weight is 429 g/mol. The molecule has 5 rings (SSSR count). The Kier molecular flexibility index (Phi) is 5.37. The number of carbonyl (C=O) groups excluding carboxylic acids is 2. The highest BCUT2D eigenvalue weighted by Gasteiger charge is 2.25. The average Bonchev–Trinajstić information content (AvgIpc) is 3.35. The molecule has 0 unspecified atom stereocenters. The monoisotopic (exact) mass is 428 g/mol. The van der Waals surface area contributed by atoms with E-state index in [9.17, 15) is 14.0 Å². The van der Waals surface area contributed by atoms with Crippen molar-refractivity contribution in [2.45, 2.75) is 25.3 Å². The van der Waals surface area contributed by atoms with Gasteiger partial charge in [-0.05, 0) is 37.1 Å². The van der Waals surface area contributed by atoms with Crippen LogP contribution < -0.4 is 16.4 Å². The minimum Gasteiger partial charge on any atom is -0.396 e. The Balaban J connectivity index is 0.000000204. The molecule has 10 heteroatoms. The Labute approximate surface area is 175 Å². The topological polar surface area (TPSA) is 114 Å². The summed E-state index contributed by atoms with van der Waals surface area (Å²) < 4.78 is 14.2. The number of hydrogen-bond acceptors (Lipinski definition) is 6. The number of carbonyl (C=O) groups is 2. The van der Waals surface area contributed by atoms with Crippen molar-refractivity contribution in [3.8, 4) is 0 Å². The first kappa shape index (κ1) is 19.8. The van der Waals surface area contributed by atoms with Crippen LogP contribution >= 0.6 is 11.6 Å². The van der Waals surface area contributed by atoms with Gasteiger partial charge in [-0.25, -0.2) is 9.37 Å². The largest absolute Gasteiger partial charge is 0.396 e. The molecule has 1 saturated carbocycles. The van der Waals surface area contributed by atoms with Gasteiger partial charge in [-0.2, -0.15) is 9.61 Å². The minimum absolute atomic E-state index is 0.0648. The number of imide groups is 1. The highest BCUT2D eigenvalue weighted by Crippen LogP contribution is 2.26. The van der Waals surface area contributed by atoms with E-state index in [-0.39, 0.29) is 28.9 Å². The molecule has 2 fully saturated rings. The molecule has 1 aliphatic carbocycles. The number of aromatic nitrogens is 3.